The molecule has 2 aromatic carbocycles. The summed E-state index contributed by atoms with van der Waals surface area (Å²) in [6.45, 7) is 4.65. The van der Waals surface area contributed by atoms with Gasteiger partial charge in [-0.05, 0) is 60.7 Å². The Bertz CT molecular complexity index is 1680. The van der Waals surface area contributed by atoms with Gasteiger partial charge < -0.3 is 20.1 Å². The quantitative estimate of drug-likeness (QED) is 0.216. The third-order valence-electron chi connectivity index (χ3n) is 6.57. The number of carbonyl (C=O) groups is 1. The van der Waals surface area contributed by atoms with Gasteiger partial charge in [-0.3, -0.25) is 4.79 Å². The lowest BCUT2D eigenvalue weighted by molar-refractivity contribution is -0.113. The van der Waals surface area contributed by atoms with Crippen LogP contribution in [0.1, 0.15) is 31.0 Å². The predicted molar refractivity (Wildman–Crippen MR) is 159 cm³/mol. The first-order valence-electron chi connectivity index (χ1n) is 13.2. The van der Waals surface area contributed by atoms with Gasteiger partial charge in [-0.1, -0.05) is 48.5 Å². The summed E-state index contributed by atoms with van der Waals surface area (Å²) in [6, 6.07) is 24.4. The number of anilines is 2. The van der Waals surface area contributed by atoms with Crippen molar-refractivity contribution >= 4 is 29.0 Å². The van der Waals surface area contributed by atoms with Crippen molar-refractivity contribution in [2.75, 3.05) is 17.2 Å². The molecule has 6 rings (SSSR count). The van der Waals surface area contributed by atoms with E-state index in [0.29, 0.717) is 53.6 Å². The van der Waals surface area contributed by atoms with Gasteiger partial charge in [-0.25, -0.2) is 9.67 Å². The van der Waals surface area contributed by atoms with Crippen LogP contribution in [0.5, 0.6) is 11.5 Å². The summed E-state index contributed by atoms with van der Waals surface area (Å²) in [6.07, 6.45) is 1.64. The number of hydrogen-bond acceptors (Lipinski definition) is 8. The SMILES string of the molecule is CCOc1cc(C2C(C(=O)Nc3ccccn3)=C(C)Nc3nc(-c4cccs4)nn32)ccc1OCc1ccccc1. The van der Waals surface area contributed by atoms with Gasteiger partial charge >= 0.3 is 0 Å². The molecule has 1 aliphatic rings. The number of nitrogens with zero attached hydrogens (tertiary/aromatic N) is 4. The van der Waals surface area contributed by atoms with E-state index in [1.807, 2.05) is 86.0 Å². The van der Waals surface area contributed by atoms with Gasteiger partial charge in [-0.2, -0.15) is 4.98 Å². The molecular formula is C31H28N6O3S. The van der Waals surface area contributed by atoms with Crippen molar-refractivity contribution < 1.29 is 14.3 Å². The Hall–Kier alpha value is -4.96. The van der Waals surface area contributed by atoms with Crippen LogP contribution >= 0.6 is 11.3 Å². The Morgan fingerprint density at radius 1 is 1.02 bits per heavy atom. The molecule has 9 nitrogen and oxygen atoms in total. The van der Waals surface area contributed by atoms with E-state index in [-0.39, 0.29) is 5.91 Å². The highest BCUT2D eigenvalue weighted by atomic mass is 32.1. The fourth-order valence-electron chi connectivity index (χ4n) is 4.70. The molecule has 0 spiro atoms. The van der Waals surface area contributed by atoms with Gasteiger partial charge in [0.15, 0.2) is 17.3 Å². The van der Waals surface area contributed by atoms with Gasteiger partial charge in [0.2, 0.25) is 5.95 Å². The van der Waals surface area contributed by atoms with Crippen LogP contribution in [-0.2, 0) is 11.4 Å². The van der Waals surface area contributed by atoms with E-state index in [0.717, 1.165) is 16.0 Å². The van der Waals surface area contributed by atoms with Crippen LogP contribution < -0.4 is 20.1 Å². The Balaban J connectivity index is 1.41. The van der Waals surface area contributed by atoms with Crippen molar-refractivity contribution in [3.05, 3.63) is 113 Å². The average Bonchev–Trinajstić information content (AvgIpc) is 3.67. The molecule has 0 bridgehead atoms. The van der Waals surface area contributed by atoms with E-state index >= 15 is 0 Å². The van der Waals surface area contributed by atoms with Crippen LogP contribution in [0.15, 0.2) is 102 Å². The molecule has 2 N–H and O–H groups in total. The number of thiophene rings is 1. The number of ether oxygens (including phenoxy) is 2. The average molecular weight is 565 g/mol. The molecule has 0 fully saturated rings. The summed E-state index contributed by atoms with van der Waals surface area (Å²) in [5.41, 5.74) is 3.02. The first kappa shape index (κ1) is 26.3. The molecule has 10 heteroatoms. The minimum Gasteiger partial charge on any atom is -0.490 e. The predicted octanol–water partition coefficient (Wildman–Crippen LogP) is 6.31. The zero-order valence-electron chi connectivity index (χ0n) is 22.6. The van der Waals surface area contributed by atoms with Crippen LogP contribution in [0.3, 0.4) is 0 Å². The van der Waals surface area contributed by atoms with Gasteiger partial charge in [0.1, 0.15) is 18.5 Å². The number of rotatable bonds is 9. The van der Waals surface area contributed by atoms with Crippen molar-refractivity contribution in [2.24, 2.45) is 0 Å². The number of hydrogen-bond donors (Lipinski definition) is 2. The second kappa shape index (κ2) is 11.6. The zero-order chi connectivity index (χ0) is 28.2. The molecule has 3 aromatic heterocycles. The lowest BCUT2D eigenvalue weighted by Gasteiger charge is -2.29. The first-order valence-corrected chi connectivity index (χ1v) is 14.1. The maximum absolute atomic E-state index is 13.8. The summed E-state index contributed by atoms with van der Waals surface area (Å²) in [4.78, 5) is 23.7. The van der Waals surface area contributed by atoms with Gasteiger partial charge in [0, 0.05) is 11.9 Å². The molecule has 5 aromatic rings. The van der Waals surface area contributed by atoms with Crippen LogP contribution in [0.4, 0.5) is 11.8 Å². The molecule has 0 saturated heterocycles. The number of amides is 1. The Morgan fingerprint density at radius 3 is 2.63 bits per heavy atom. The summed E-state index contributed by atoms with van der Waals surface area (Å²) in [7, 11) is 0. The van der Waals surface area contributed by atoms with E-state index in [4.69, 9.17) is 19.6 Å². The maximum atomic E-state index is 13.8. The molecule has 1 atom stereocenters. The highest BCUT2D eigenvalue weighted by Crippen LogP contribution is 2.40. The molecule has 0 aliphatic carbocycles. The largest absolute Gasteiger partial charge is 0.490 e. The number of allylic oxidation sites excluding steroid dienone is 1. The molecular weight excluding hydrogens is 536 g/mol. The Kier molecular flexibility index (Phi) is 7.46. The van der Waals surface area contributed by atoms with Gasteiger partial charge in [-0.15, -0.1) is 16.4 Å². The van der Waals surface area contributed by atoms with Gasteiger partial charge in [0.25, 0.3) is 5.91 Å². The lowest BCUT2D eigenvalue weighted by Crippen LogP contribution is -2.31. The summed E-state index contributed by atoms with van der Waals surface area (Å²) in [5, 5.41) is 13.1. The summed E-state index contributed by atoms with van der Waals surface area (Å²) < 4.78 is 13.9. The maximum Gasteiger partial charge on any atom is 0.257 e. The van der Waals surface area contributed by atoms with Crippen molar-refractivity contribution in [1.29, 1.82) is 0 Å². The number of pyridine rings is 1. The molecule has 41 heavy (non-hydrogen) atoms. The van der Waals surface area contributed by atoms with Crippen molar-refractivity contribution in [2.45, 2.75) is 26.5 Å². The summed E-state index contributed by atoms with van der Waals surface area (Å²) >= 11 is 1.56. The fraction of sp³-hybridized carbons (Fsp3) is 0.161. The summed E-state index contributed by atoms with van der Waals surface area (Å²) in [5.74, 6) is 2.50. The first-order chi connectivity index (χ1) is 20.1. The van der Waals surface area contributed by atoms with E-state index in [2.05, 4.69) is 15.6 Å². The highest BCUT2D eigenvalue weighted by molar-refractivity contribution is 7.13. The molecule has 0 radical (unpaired) electrons. The van der Waals surface area contributed by atoms with Crippen LogP contribution in [-0.4, -0.2) is 32.3 Å². The standard InChI is InChI=1S/C31H28N6O3S/c1-3-39-24-18-22(14-15-23(24)40-19-21-10-5-4-6-11-21)28-27(30(38)34-26-13-7-8-16-32-26)20(2)33-31-35-29(36-37(28)31)25-12-9-17-41-25/h4-18,28H,3,19H2,1-2H3,(H,32,34,38)(H,33,35,36). The second-order valence-electron chi connectivity index (χ2n) is 9.33. The van der Waals surface area contributed by atoms with Crippen LogP contribution in [0.2, 0.25) is 0 Å². The van der Waals surface area contributed by atoms with E-state index < -0.39 is 6.04 Å². The van der Waals surface area contributed by atoms with Crippen LogP contribution in [0, 0.1) is 0 Å². The third-order valence-corrected chi connectivity index (χ3v) is 7.43. The fourth-order valence-corrected chi connectivity index (χ4v) is 5.35. The van der Waals surface area contributed by atoms with E-state index in [9.17, 15) is 4.79 Å². The molecule has 0 saturated carbocycles. The van der Waals surface area contributed by atoms with Crippen molar-refractivity contribution in [3.8, 4) is 22.2 Å². The topological polar surface area (TPSA) is 103 Å². The molecule has 4 heterocycles. The Morgan fingerprint density at radius 2 is 1.88 bits per heavy atom. The van der Waals surface area contributed by atoms with Crippen molar-refractivity contribution in [1.82, 2.24) is 19.7 Å². The number of benzene rings is 2. The second-order valence-corrected chi connectivity index (χ2v) is 10.3. The number of fused-ring (bicyclic) bond motifs is 1. The van der Waals surface area contributed by atoms with Crippen molar-refractivity contribution in [3.63, 3.8) is 0 Å². The normalized spacial score (nSPS) is 14.2. The Labute approximate surface area is 241 Å². The zero-order valence-corrected chi connectivity index (χ0v) is 23.4. The number of aromatic nitrogens is 4. The van der Waals surface area contributed by atoms with E-state index in [1.165, 1.54) is 0 Å². The minimum absolute atomic E-state index is 0.292. The molecule has 1 unspecified atom stereocenters. The molecule has 1 aliphatic heterocycles. The number of carbonyl (C=O) groups excluding carboxylic acids is 1. The van der Waals surface area contributed by atoms with Crippen LogP contribution in [0.25, 0.3) is 10.7 Å². The lowest BCUT2D eigenvalue weighted by atomic mass is 9.94. The number of nitrogens with one attached hydrogen (secondary N) is 2. The highest BCUT2D eigenvalue weighted by Gasteiger charge is 2.35. The van der Waals surface area contributed by atoms with Gasteiger partial charge in [0.05, 0.1) is 17.1 Å². The monoisotopic (exact) mass is 564 g/mol. The van der Waals surface area contributed by atoms with E-state index in [1.54, 1.807) is 34.3 Å². The molecule has 1 amide bonds. The minimum atomic E-state index is -0.585. The smallest absolute Gasteiger partial charge is 0.257 e. The third kappa shape index (κ3) is 5.55. The molecule has 206 valence electrons.